The molecule has 0 aromatic heterocycles. The molecule has 6 heteroatoms. The van der Waals surface area contributed by atoms with Crippen LogP contribution in [0.5, 0.6) is 0 Å². The molecular weight excluding hydrogens is 168 g/mol. The SMILES string of the molecule is C1COOOO1.C=CC(=O)OC. The third kappa shape index (κ3) is 7.16. The zero-order valence-electron chi connectivity index (χ0n) is 6.65. The fourth-order valence-corrected chi connectivity index (χ4v) is 0.259. The second-order valence-corrected chi connectivity index (χ2v) is 1.51. The molecule has 0 radical (unpaired) electrons. The fraction of sp³-hybridized carbons (Fsp3) is 0.500. The van der Waals surface area contributed by atoms with E-state index in [1.807, 2.05) is 0 Å². The minimum atomic E-state index is -0.394. The van der Waals surface area contributed by atoms with Gasteiger partial charge in [0.25, 0.3) is 0 Å². The maximum Gasteiger partial charge on any atom is 0.329 e. The Labute approximate surface area is 69.4 Å². The van der Waals surface area contributed by atoms with Gasteiger partial charge in [0.1, 0.15) is 13.2 Å². The lowest BCUT2D eigenvalue weighted by Gasteiger charge is -2.05. The fourth-order valence-electron chi connectivity index (χ4n) is 0.259. The summed E-state index contributed by atoms with van der Waals surface area (Å²) in [7, 11) is 1.31. The number of methoxy groups -OCH3 is 1. The average Bonchev–Trinajstić information content (AvgIpc) is 2.20. The predicted molar refractivity (Wildman–Crippen MR) is 36.3 cm³/mol. The lowest BCUT2D eigenvalue weighted by atomic mass is 10.7. The molecule has 12 heavy (non-hydrogen) atoms. The highest BCUT2D eigenvalue weighted by molar-refractivity contribution is 5.80. The topological polar surface area (TPSA) is 63.2 Å². The molecule has 1 aliphatic rings. The molecule has 0 aromatic carbocycles. The smallest absolute Gasteiger partial charge is 0.329 e. The molecule has 0 atom stereocenters. The van der Waals surface area contributed by atoms with E-state index in [4.69, 9.17) is 0 Å². The summed E-state index contributed by atoms with van der Waals surface area (Å²) in [5.74, 6) is -0.394. The summed E-state index contributed by atoms with van der Waals surface area (Å²) in [4.78, 5) is 18.3. The average molecular weight is 178 g/mol. The largest absolute Gasteiger partial charge is 0.466 e. The molecule has 0 amide bonds. The van der Waals surface area contributed by atoms with Gasteiger partial charge in [-0.25, -0.2) is 14.6 Å². The van der Waals surface area contributed by atoms with Crippen LogP contribution >= 0.6 is 0 Å². The van der Waals surface area contributed by atoms with E-state index >= 15 is 0 Å². The van der Waals surface area contributed by atoms with Crippen molar-refractivity contribution in [3.63, 3.8) is 0 Å². The van der Waals surface area contributed by atoms with Crippen LogP contribution in [0.1, 0.15) is 0 Å². The van der Waals surface area contributed by atoms with Crippen molar-refractivity contribution in [1.82, 2.24) is 0 Å². The van der Waals surface area contributed by atoms with Gasteiger partial charge < -0.3 is 4.74 Å². The normalized spacial score (nSPS) is 15.4. The summed E-state index contributed by atoms with van der Waals surface area (Å²) in [5, 5.41) is 7.69. The zero-order chi connectivity index (χ0) is 9.23. The van der Waals surface area contributed by atoms with Gasteiger partial charge in [0.2, 0.25) is 0 Å². The van der Waals surface area contributed by atoms with Gasteiger partial charge in [0.15, 0.2) is 0 Å². The number of carbonyl (C=O) groups excluding carboxylic acids is 1. The van der Waals surface area contributed by atoms with Gasteiger partial charge in [-0.3, -0.25) is 0 Å². The minimum Gasteiger partial charge on any atom is -0.466 e. The highest BCUT2D eigenvalue weighted by Gasteiger charge is 1.97. The molecule has 0 N–H and O–H groups in total. The molecule has 0 bridgehead atoms. The summed E-state index contributed by atoms with van der Waals surface area (Å²) in [5.41, 5.74) is 0. The summed E-state index contributed by atoms with van der Waals surface area (Å²) in [6.07, 6.45) is 1.11. The number of carbonyl (C=O) groups is 1. The first-order chi connectivity index (χ1) is 5.81. The first-order valence-corrected chi connectivity index (χ1v) is 3.09. The second-order valence-electron chi connectivity index (χ2n) is 1.51. The van der Waals surface area contributed by atoms with Crippen LogP contribution in [0.15, 0.2) is 12.7 Å². The third-order valence-electron chi connectivity index (χ3n) is 0.742. The molecule has 70 valence electrons. The van der Waals surface area contributed by atoms with E-state index in [9.17, 15) is 4.79 Å². The van der Waals surface area contributed by atoms with Crippen molar-refractivity contribution in [2.75, 3.05) is 20.3 Å². The van der Waals surface area contributed by atoms with Gasteiger partial charge in [0, 0.05) is 6.08 Å². The van der Waals surface area contributed by atoms with Crippen molar-refractivity contribution in [3.8, 4) is 0 Å². The Hall–Kier alpha value is -0.950. The molecule has 1 aliphatic heterocycles. The van der Waals surface area contributed by atoms with Crippen LogP contribution < -0.4 is 0 Å². The molecule has 0 aromatic rings. The second kappa shape index (κ2) is 8.15. The molecule has 6 nitrogen and oxygen atoms in total. The van der Waals surface area contributed by atoms with Crippen LogP contribution in [0.4, 0.5) is 0 Å². The highest BCUT2D eigenvalue weighted by atomic mass is 17.7. The van der Waals surface area contributed by atoms with Crippen LogP contribution in [0.25, 0.3) is 0 Å². The van der Waals surface area contributed by atoms with E-state index in [2.05, 4.69) is 31.2 Å². The lowest BCUT2D eigenvalue weighted by molar-refractivity contribution is -0.663. The quantitative estimate of drug-likeness (QED) is 0.323. The van der Waals surface area contributed by atoms with E-state index < -0.39 is 5.97 Å². The van der Waals surface area contributed by atoms with Gasteiger partial charge >= 0.3 is 5.97 Å². The molecular formula is C6H10O6. The van der Waals surface area contributed by atoms with E-state index in [1.54, 1.807) is 0 Å². The Kier molecular flexibility index (Phi) is 7.50. The summed E-state index contributed by atoms with van der Waals surface area (Å²) in [6, 6.07) is 0. The summed E-state index contributed by atoms with van der Waals surface area (Å²) >= 11 is 0. The summed E-state index contributed by atoms with van der Waals surface area (Å²) in [6.45, 7) is 4.02. The Bertz CT molecular complexity index is 118. The Balaban J connectivity index is 0.000000202. The molecule has 0 unspecified atom stereocenters. The Morgan fingerprint density at radius 2 is 1.92 bits per heavy atom. The molecule has 1 fully saturated rings. The number of esters is 1. The number of hydrogen-bond donors (Lipinski definition) is 0. The van der Waals surface area contributed by atoms with Gasteiger partial charge in [-0.05, 0) is 10.1 Å². The molecule has 1 rings (SSSR count). The van der Waals surface area contributed by atoms with Crippen molar-refractivity contribution in [1.29, 1.82) is 0 Å². The third-order valence-corrected chi connectivity index (χ3v) is 0.742. The lowest BCUT2D eigenvalue weighted by Crippen LogP contribution is -2.12. The zero-order valence-corrected chi connectivity index (χ0v) is 6.65. The predicted octanol–water partition coefficient (Wildman–Crippen LogP) is 0.157. The Morgan fingerprint density at radius 3 is 2.00 bits per heavy atom. The molecule has 1 heterocycles. The summed E-state index contributed by atoms with van der Waals surface area (Å²) < 4.78 is 4.14. The maximum absolute atomic E-state index is 9.84. The van der Waals surface area contributed by atoms with Crippen LogP contribution in [-0.4, -0.2) is 26.3 Å². The number of rotatable bonds is 1. The van der Waals surface area contributed by atoms with E-state index in [0.717, 1.165) is 6.08 Å². The minimum absolute atomic E-state index is 0.394. The molecule has 0 aliphatic carbocycles. The van der Waals surface area contributed by atoms with Crippen LogP contribution in [0.2, 0.25) is 0 Å². The maximum atomic E-state index is 9.84. The van der Waals surface area contributed by atoms with Crippen molar-refractivity contribution < 1.29 is 29.4 Å². The molecule has 0 saturated carbocycles. The Morgan fingerprint density at radius 1 is 1.42 bits per heavy atom. The molecule has 0 spiro atoms. The van der Waals surface area contributed by atoms with Gasteiger partial charge in [-0.2, -0.15) is 0 Å². The number of hydrogen-bond acceptors (Lipinski definition) is 6. The first kappa shape index (κ1) is 11.1. The van der Waals surface area contributed by atoms with Crippen LogP contribution in [0, 0.1) is 0 Å². The van der Waals surface area contributed by atoms with Crippen molar-refractivity contribution in [3.05, 3.63) is 12.7 Å². The van der Waals surface area contributed by atoms with Crippen molar-refractivity contribution in [2.24, 2.45) is 0 Å². The highest BCUT2D eigenvalue weighted by Crippen LogP contribution is 1.89. The molecule has 1 saturated heterocycles. The van der Waals surface area contributed by atoms with Crippen LogP contribution in [0.3, 0.4) is 0 Å². The number of ether oxygens (including phenoxy) is 1. The monoisotopic (exact) mass is 178 g/mol. The van der Waals surface area contributed by atoms with Crippen molar-refractivity contribution in [2.45, 2.75) is 0 Å². The first-order valence-electron chi connectivity index (χ1n) is 3.09. The standard InChI is InChI=1S/C4H6O2.C2H4O4/c1-3-4(5)6-2;1-2-4-6-5-3-1/h3H,1H2,2H3;1-2H2. The van der Waals surface area contributed by atoms with Gasteiger partial charge in [-0.1, -0.05) is 6.58 Å². The van der Waals surface area contributed by atoms with E-state index in [0.29, 0.717) is 13.2 Å². The van der Waals surface area contributed by atoms with E-state index in [1.165, 1.54) is 7.11 Å². The van der Waals surface area contributed by atoms with Crippen LogP contribution in [-0.2, 0) is 29.4 Å². The van der Waals surface area contributed by atoms with Gasteiger partial charge in [-0.15, -0.1) is 0 Å². The van der Waals surface area contributed by atoms with Gasteiger partial charge in [0.05, 0.1) is 7.11 Å². The van der Waals surface area contributed by atoms with E-state index in [-0.39, 0.29) is 0 Å². The van der Waals surface area contributed by atoms with Crippen molar-refractivity contribution >= 4 is 5.97 Å².